The van der Waals surface area contributed by atoms with Gasteiger partial charge in [0.05, 0.1) is 10.2 Å². The van der Waals surface area contributed by atoms with E-state index in [2.05, 4.69) is 31.5 Å². The summed E-state index contributed by atoms with van der Waals surface area (Å²) in [6, 6.07) is 1.87. The number of β-amino-alcohol motifs (C(OH)–C–C–N with tert-alkyl or cyclic N) is 1. The van der Waals surface area contributed by atoms with Crippen LogP contribution in [0.5, 0.6) is 0 Å². The molecule has 0 saturated carbocycles. The monoisotopic (exact) mass is 257 g/mol. The van der Waals surface area contributed by atoms with Gasteiger partial charge in [-0.05, 0) is 22.0 Å². The van der Waals surface area contributed by atoms with Gasteiger partial charge in [-0.3, -0.25) is 4.98 Å². The molecule has 1 aliphatic heterocycles. The molecule has 0 radical (unpaired) electrons. The van der Waals surface area contributed by atoms with Gasteiger partial charge in [-0.25, -0.2) is 0 Å². The minimum absolute atomic E-state index is 0.558. The molecule has 1 aromatic heterocycles. The molecule has 0 aromatic carbocycles. The SMILES string of the molecule is OC1(CNc2ccncc2Br)CNC1. The van der Waals surface area contributed by atoms with E-state index in [4.69, 9.17) is 0 Å². The zero-order chi connectivity index (χ0) is 10.0. The summed E-state index contributed by atoms with van der Waals surface area (Å²) in [7, 11) is 0. The summed E-state index contributed by atoms with van der Waals surface area (Å²) >= 11 is 3.38. The molecule has 0 amide bonds. The van der Waals surface area contributed by atoms with E-state index in [9.17, 15) is 5.11 Å². The number of rotatable bonds is 3. The average Bonchev–Trinajstić information content (AvgIpc) is 2.14. The fraction of sp³-hybridized carbons (Fsp3) is 0.444. The van der Waals surface area contributed by atoms with E-state index in [1.165, 1.54) is 0 Å². The lowest BCUT2D eigenvalue weighted by Crippen LogP contribution is -2.63. The molecule has 1 aromatic rings. The fourth-order valence-electron chi connectivity index (χ4n) is 1.32. The lowest BCUT2D eigenvalue weighted by atomic mass is 9.97. The Morgan fingerprint density at radius 1 is 1.64 bits per heavy atom. The van der Waals surface area contributed by atoms with Crippen LogP contribution in [0.2, 0.25) is 0 Å². The Morgan fingerprint density at radius 2 is 2.43 bits per heavy atom. The summed E-state index contributed by atoms with van der Waals surface area (Å²) in [6.45, 7) is 1.87. The number of pyridine rings is 1. The van der Waals surface area contributed by atoms with E-state index in [1.54, 1.807) is 12.4 Å². The molecule has 4 nitrogen and oxygen atoms in total. The van der Waals surface area contributed by atoms with Gasteiger partial charge in [0.1, 0.15) is 5.60 Å². The normalized spacial score (nSPS) is 18.7. The average molecular weight is 258 g/mol. The molecule has 14 heavy (non-hydrogen) atoms. The second kappa shape index (κ2) is 3.84. The van der Waals surface area contributed by atoms with E-state index in [0.29, 0.717) is 19.6 Å². The maximum absolute atomic E-state index is 9.81. The zero-order valence-electron chi connectivity index (χ0n) is 7.63. The van der Waals surface area contributed by atoms with Crippen molar-refractivity contribution >= 4 is 21.6 Å². The van der Waals surface area contributed by atoms with Crippen LogP contribution in [-0.4, -0.2) is 35.3 Å². The summed E-state index contributed by atoms with van der Waals surface area (Å²) in [5, 5.41) is 16.0. The van der Waals surface area contributed by atoms with Gasteiger partial charge in [0.2, 0.25) is 0 Å². The highest BCUT2D eigenvalue weighted by atomic mass is 79.9. The van der Waals surface area contributed by atoms with Crippen molar-refractivity contribution in [3.63, 3.8) is 0 Å². The largest absolute Gasteiger partial charge is 0.385 e. The molecule has 5 heteroatoms. The number of aliphatic hydroxyl groups is 1. The molecule has 2 heterocycles. The molecule has 0 aliphatic carbocycles. The molecule has 1 saturated heterocycles. The highest BCUT2D eigenvalue weighted by Gasteiger charge is 2.33. The first-order valence-corrected chi connectivity index (χ1v) is 5.25. The molecule has 3 N–H and O–H groups in total. The summed E-state index contributed by atoms with van der Waals surface area (Å²) in [5.41, 5.74) is 0.364. The number of anilines is 1. The van der Waals surface area contributed by atoms with Gasteiger partial charge in [-0.1, -0.05) is 0 Å². The minimum atomic E-state index is -0.595. The Labute approximate surface area is 90.9 Å². The van der Waals surface area contributed by atoms with Crippen molar-refractivity contribution in [3.8, 4) is 0 Å². The first-order chi connectivity index (χ1) is 6.70. The molecule has 0 spiro atoms. The molecular formula is C9H12BrN3O. The molecule has 1 aliphatic rings. The Bertz CT molecular complexity index is 328. The molecule has 76 valence electrons. The van der Waals surface area contributed by atoms with Crippen LogP contribution >= 0.6 is 15.9 Å². The van der Waals surface area contributed by atoms with Crippen LogP contribution in [0.25, 0.3) is 0 Å². The van der Waals surface area contributed by atoms with Gasteiger partial charge < -0.3 is 15.7 Å². The highest BCUT2D eigenvalue weighted by Crippen LogP contribution is 2.21. The lowest BCUT2D eigenvalue weighted by Gasteiger charge is -2.37. The second-order valence-corrected chi connectivity index (χ2v) is 4.39. The van der Waals surface area contributed by atoms with Gasteiger partial charge in [0.15, 0.2) is 0 Å². The van der Waals surface area contributed by atoms with Crippen LogP contribution in [-0.2, 0) is 0 Å². The van der Waals surface area contributed by atoms with Crippen molar-refractivity contribution in [1.82, 2.24) is 10.3 Å². The first-order valence-electron chi connectivity index (χ1n) is 4.46. The third-order valence-corrected chi connectivity index (χ3v) is 2.92. The van der Waals surface area contributed by atoms with Gasteiger partial charge in [0.25, 0.3) is 0 Å². The number of halogens is 1. The number of nitrogens with one attached hydrogen (secondary N) is 2. The van der Waals surface area contributed by atoms with Crippen molar-refractivity contribution in [3.05, 3.63) is 22.9 Å². The maximum atomic E-state index is 9.81. The minimum Gasteiger partial charge on any atom is -0.385 e. The molecule has 0 unspecified atom stereocenters. The second-order valence-electron chi connectivity index (χ2n) is 3.54. The predicted octanol–water partition coefficient (Wildman–Crippen LogP) is 0.590. The van der Waals surface area contributed by atoms with Crippen LogP contribution < -0.4 is 10.6 Å². The lowest BCUT2D eigenvalue weighted by molar-refractivity contribution is 0.00312. The van der Waals surface area contributed by atoms with Gasteiger partial charge >= 0.3 is 0 Å². The third-order valence-electron chi connectivity index (χ3n) is 2.29. The van der Waals surface area contributed by atoms with Crippen LogP contribution in [0.3, 0.4) is 0 Å². The molecule has 2 rings (SSSR count). The molecule has 0 atom stereocenters. The Morgan fingerprint density at radius 3 is 3.00 bits per heavy atom. The van der Waals surface area contributed by atoms with Gasteiger partial charge in [-0.15, -0.1) is 0 Å². The zero-order valence-corrected chi connectivity index (χ0v) is 9.21. The first kappa shape index (κ1) is 9.89. The summed E-state index contributed by atoms with van der Waals surface area (Å²) in [4.78, 5) is 3.96. The number of aromatic nitrogens is 1. The van der Waals surface area contributed by atoms with Crippen molar-refractivity contribution in [2.75, 3.05) is 25.0 Å². The maximum Gasteiger partial charge on any atom is 0.107 e. The van der Waals surface area contributed by atoms with Crippen LogP contribution in [0.15, 0.2) is 22.9 Å². The Hall–Kier alpha value is -0.650. The number of hydrogen-bond acceptors (Lipinski definition) is 4. The van der Waals surface area contributed by atoms with Crippen LogP contribution in [0.1, 0.15) is 0 Å². The van der Waals surface area contributed by atoms with Crippen molar-refractivity contribution in [2.24, 2.45) is 0 Å². The smallest absolute Gasteiger partial charge is 0.107 e. The summed E-state index contributed by atoms with van der Waals surface area (Å²) < 4.78 is 0.913. The standard InChI is InChI=1S/C9H12BrN3O/c10-7-3-11-2-1-8(7)13-6-9(14)4-12-5-9/h1-3,12,14H,4-6H2,(H,11,13). The van der Waals surface area contributed by atoms with Crippen LogP contribution in [0.4, 0.5) is 5.69 Å². The van der Waals surface area contributed by atoms with Crippen molar-refractivity contribution in [1.29, 1.82) is 0 Å². The van der Waals surface area contributed by atoms with Crippen LogP contribution in [0, 0.1) is 0 Å². The predicted molar refractivity (Wildman–Crippen MR) is 58.2 cm³/mol. The van der Waals surface area contributed by atoms with Gasteiger partial charge in [0, 0.05) is 32.0 Å². The quantitative estimate of drug-likeness (QED) is 0.742. The van der Waals surface area contributed by atoms with E-state index in [1.807, 2.05) is 6.07 Å². The number of nitrogens with zero attached hydrogens (tertiary/aromatic N) is 1. The van der Waals surface area contributed by atoms with Gasteiger partial charge in [-0.2, -0.15) is 0 Å². The van der Waals surface area contributed by atoms with E-state index in [0.717, 1.165) is 10.2 Å². The summed E-state index contributed by atoms with van der Waals surface area (Å²) in [5.74, 6) is 0. The van der Waals surface area contributed by atoms with E-state index < -0.39 is 5.60 Å². The topological polar surface area (TPSA) is 57.2 Å². The number of hydrogen-bond donors (Lipinski definition) is 3. The Balaban J connectivity index is 1.95. The molecular weight excluding hydrogens is 246 g/mol. The molecule has 1 fully saturated rings. The fourth-order valence-corrected chi connectivity index (χ4v) is 1.71. The van der Waals surface area contributed by atoms with E-state index >= 15 is 0 Å². The van der Waals surface area contributed by atoms with Crippen molar-refractivity contribution < 1.29 is 5.11 Å². The highest BCUT2D eigenvalue weighted by molar-refractivity contribution is 9.10. The van der Waals surface area contributed by atoms with E-state index in [-0.39, 0.29) is 0 Å². The third kappa shape index (κ3) is 2.05. The van der Waals surface area contributed by atoms with Crippen molar-refractivity contribution in [2.45, 2.75) is 5.60 Å². The Kier molecular flexibility index (Phi) is 2.71. The summed E-state index contributed by atoms with van der Waals surface area (Å²) in [6.07, 6.45) is 3.45. The molecule has 0 bridgehead atoms.